The van der Waals surface area contributed by atoms with Crippen molar-refractivity contribution >= 4 is 11.8 Å². The molecule has 0 aliphatic heterocycles. The second-order valence-electron chi connectivity index (χ2n) is 3.17. The second kappa shape index (κ2) is 6.50. The average Bonchev–Trinajstić information content (AvgIpc) is 2.26. The molecule has 14 heavy (non-hydrogen) atoms. The van der Waals surface area contributed by atoms with Gasteiger partial charge in [-0.1, -0.05) is 37.3 Å². The molecule has 0 spiro atoms. The van der Waals surface area contributed by atoms with Gasteiger partial charge in [0.25, 0.3) is 0 Å². The lowest BCUT2D eigenvalue weighted by Crippen LogP contribution is -1.99. The molecule has 0 radical (unpaired) electrons. The molecule has 0 saturated carbocycles. The normalized spacial score (nSPS) is 12.0. The van der Waals surface area contributed by atoms with Gasteiger partial charge in [0.2, 0.25) is 0 Å². The van der Waals surface area contributed by atoms with Crippen LogP contribution in [0.5, 0.6) is 0 Å². The maximum Gasteiger partial charge on any atom is 0.0803 e. The van der Waals surface area contributed by atoms with Crippen molar-refractivity contribution in [2.75, 3.05) is 11.5 Å². The molecular formula is C12H15NS. The van der Waals surface area contributed by atoms with E-state index in [2.05, 4.69) is 13.0 Å². The zero-order valence-corrected chi connectivity index (χ0v) is 9.26. The highest BCUT2D eigenvalue weighted by atomic mass is 32.2. The minimum Gasteiger partial charge on any atom is -0.198 e. The van der Waals surface area contributed by atoms with Crippen molar-refractivity contribution in [1.29, 1.82) is 5.26 Å². The maximum atomic E-state index is 9.02. The van der Waals surface area contributed by atoms with Gasteiger partial charge >= 0.3 is 0 Å². The van der Waals surface area contributed by atoms with E-state index < -0.39 is 0 Å². The summed E-state index contributed by atoms with van der Waals surface area (Å²) in [5.41, 5.74) is 1.14. The van der Waals surface area contributed by atoms with Gasteiger partial charge in [-0.25, -0.2) is 0 Å². The molecule has 0 aromatic heterocycles. The van der Waals surface area contributed by atoms with E-state index in [4.69, 9.17) is 5.26 Å². The second-order valence-corrected chi connectivity index (χ2v) is 4.32. The Hall–Kier alpha value is -0.940. The lowest BCUT2D eigenvalue weighted by molar-refractivity contribution is 0.991. The van der Waals surface area contributed by atoms with Crippen molar-refractivity contribution in [1.82, 2.24) is 0 Å². The van der Waals surface area contributed by atoms with Crippen LogP contribution in [0.3, 0.4) is 0 Å². The van der Waals surface area contributed by atoms with Gasteiger partial charge in [-0.05, 0) is 17.7 Å². The summed E-state index contributed by atoms with van der Waals surface area (Å²) in [7, 11) is 0. The third kappa shape index (κ3) is 3.43. The molecule has 0 saturated heterocycles. The summed E-state index contributed by atoms with van der Waals surface area (Å²) in [6, 6.07) is 12.4. The largest absolute Gasteiger partial charge is 0.198 e. The number of benzene rings is 1. The van der Waals surface area contributed by atoms with Gasteiger partial charge in [-0.3, -0.25) is 0 Å². The van der Waals surface area contributed by atoms with Crippen LogP contribution in [0, 0.1) is 11.3 Å². The van der Waals surface area contributed by atoms with Crippen molar-refractivity contribution in [3.8, 4) is 6.07 Å². The number of nitriles is 1. The van der Waals surface area contributed by atoms with E-state index in [1.54, 1.807) is 0 Å². The molecule has 1 nitrogen and oxygen atoms in total. The summed E-state index contributed by atoms with van der Waals surface area (Å²) in [6.45, 7) is 2.16. The zero-order valence-electron chi connectivity index (χ0n) is 8.44. The van der Waals surface area contributed by atoms with E-state index in [9.17, 15) is 0 Å². The molecule has 74 valence electrons. The number of rotatable bonds is 5. The monoisotopic (exact) mass is 205 g/mol. The van der Waals surface area contributed by atoms with Crippen LogP contribution >= 0.6 is 11.8 Å². The van der Waals surface area contributed by atoms with Gasteiger partial charge in [0.1, 0.15) is 0 Å². The van der Waals surface area contributed by atoms with Crippen molar-refractivity contribution in [3.05, 3.63) is 35.9 Å². The molecule has 0 heterocycles. The van der Waals surface area contributed by atoms with Crippen LogP contribution in [-0.2, 0) is 0 Å². The lowest BCUT2D eigenvalue weighted by atomic mass is 10.0. The van der Waals surface area contributed by atoms with E-state index in [0.29, 0.717) is 0 Å². The molecule has 2 heteroatoms. The summed E-state index contributed by atoms with van der Waals surface area (Å²) in [5, 5.41) is 9.02. The first-order chi connectivity index (χ1) is 6.88. The van der Waals surface area contributed by atoms with Gasteiger partial charge in [0.05, 0.1) is 12.0 Å². The highest BCUT2D eigenvalue weighted by molar-refractivity contribution is 7.99. The topological polar surface area (TPSA) is 23.8 Å². The summed E-state index contributed by atoms with van der Waals surface area (Å²) in [6.07, 6.45) is 1.18. The Morgan fingerprint density at radius 2 is 2.07 bits per heavy atom. The van der Waals surface area contributed by atoms with Crippen molar-refractivity contribution in [2.24, 2.45) is 0 Å². The molecule has 1 aromatic rings. The van der Waals surface area contributed by atoms with Crippen LogP contribution in [-0.4, -0.2) is 11.5 Å². The predicted molar refractivity (Wildman–Crippen MR) is 62.4 cm³/mol. The minimum atomic E-state index is 0.0488. The first-order valence-electron chi connectivity index (χ1n) is 4.90. The Morgan fingerprint density at radius 3 is 2.64 bits per heavy atom. The van der Waals surface area contributed by atoms with Gasteiger partial charge in [0.15, 0.2) is 0 Å². The van der Waals surface area contributed by atoms with Crippen LogP contribution < -0.4 is 0 Å². The molecular weight excluding hydrogens is 190 g/mol. The fourth-order valence-corrected chi connectivity index (χ4v) is 2.20. The fourth-order valence-electron chi connectivity index (χ4n) is 1.24. The summed E-state index contributed by atoms with van der Waals surface area (Å²) in [4.78, 5) is 0. The van der Waals surface area contributed by atoms with Crippen LogP contribution in [0.4, 0.5) is 0 Å². The van der Waals surface area contributed by atoms with E-state index in [1.807, 2.05) is 42.1 Å². The van der Waals surface area contributed by atoms with E-state index >= 15 is 0 Å². The van der Waals surface area contributed by atoms with Gasteiger partial charge in [0, 0.05) is 5.75 Å². The van der Waals surface area contributed by atoms with Crippen LogP contribution in [0.25, 0.3) is 0 Å². The molecule has 0 fully saturated rings. The SMILES string of the molecule is CCCSCC(C#N)c1ccccc1. The average molecular weight is 205 g/mol. The van der Waals surface area contributed by atoms with Crippen LogP contribution in [0.1, 0.15) is 24.8 Å². The quantitative estimate of drug-likeness (QED) is 0.687. The fraction of sp³-hybridized carbons (Fsp3) is 0.417. The van der Waals surface area contributed by atoms with Gasteiger partial charge < -0.3 is 0 Å². The summed E-state index contributed by atoms with van der Waals surface area (Å²) < 4.78 is 0. The van der Waals surface area contributed by atoms with Crippen molar-refractivity contribution in [3.63, 3.8) is 0 Å². The van der Waals surface area contributed by atoms with Crippen molar-refractivity contribution < 1.29 is 0 Å². The first kappa shape index (κ1) is 11.1. The molecule has 0 aliphatic carbocycles. The Kier molecular flexibility index (Phi) is 5.17. The number of thioether (sulfide) groups is 1. The molecule has 1 aromatic carbocycles. The Labute approximate surface area is 90.1 Å². The van der Waals surface area contributed by atoms with Gasteiger partial charge in [-0.2, -0.15) is 17.0 Å². The number of nitrogens with zero attached hydrogens (tertiary/aromatic N) is 1. The summed E-state index contributed by atoms with van der Waals surface area (Å²) in [5.74, 6) is 2.10. The van der Waals surface area contributed by atoms with E-state index in [-0.39, 0.29) is 5.92 Å². The molecule has 1 atom stereocenters. The molecule has 1 unspecified atom stereocenters. The Morgan fingerprint density at radius 1 is 1.36 bits per heavy atom. The Bertz CT molecular complexity index is 289. The highest BCUT2D eigenvalue weighted by Crippen LogP contribution is 2.20. The minimum absolute atomic E-state index is 0.0488. The zero-order chi connectivity index (χ0) is 10.2. The molecule has 0 amide bonds. The maximum absolute atomic E-state index is 9.02. The lowest BCUT2D eigenvalue weighted by Gasteiger charge is -2.07. The van der Waals surface area contributed by atoms with Crippen LogP contribution in [0.15, 0.2) is 30.3 Å². The highest BCUT2D eigenvalue weighted by Gasteiger charge is 2.08. The van der Waals surface area contributed by atoms with Crippen LogP contribution in [0.2, 0.25) is 0 Å². The third-order valence-corrected chi connectivity index (χ3v) is 3.26. The van der Waals surface area contributed by atoms with Gasteiger partial charge in [-0.15, -0.1) is 0 Å². The number of hydrogen-bond donors (Lipinski definition) is 0. The van der Waals surface area contributed by atoms with E-state index in [0.717, 1.165) is 17.1 Å². The molecule has 0 aliphatic rings. The molecule has 0 bridgehead atoms. The third-order valence-electron chi connectivity index (χ3n) is 1.99. The van der Waals surface area contributed by atoms with Crippen molar-refractivity contribution in [2.45, 2.75) is 19.3 Å². The summed E-state index contributed by atoms with van der Waals surface area (Å²) >= 11 is 1.86. The standard InChI is InChI=1S/C12H15NS/c1-2-8-14-10-12(9-13)11-6-4-3-5-7-11/h3-7,12H,2,8,10H2,1H3. The number of hydrogen-bond acceptors (Lipinski definition) is 2. The Balaban J connectivity index is 2.52. The smallest absolute Gasteiger partial charge is 0.0803 e. The molecule has 1 rings (SSSR count). The predicted octanol–water partition coefficient (Wildman–Crippen LogP) is 3.44. The van der Waals surface area contributed by atoms with E-state index in [1.165, 1.54) is 6.42 Å². The first-order valence-corrected chi connectivity index (χ1v) is 6.06. The molecule has 0 N–H and O–H groups in total.